The Balaban J connectivity index is 2.74. The van der Waals surface area contributed by atoms with Crippen LogP contribution in [0.15, 0.2) is 24.3 Å². The summed E-state index contributed by atoms with van der Waals surface area (Å²) in [6, 6.07) is 7.54. The van der Waals surface area contributed by atoms with Crippen molar-refractivity contribution >= 4 is 0 Å². The highest BCUT2D eigenvalue weighted by molar-refractivity contribution is 5.25. The quantitative estimate of drug-likeness (QED) is 0.788. The van der Waals surface area contributed by atoms with E-state index in [2.05, 4.69) is 0 Å². The van der Waals surface area contributed by atoms with Crippen LogP contribution in [-0.2, 0) is 6.42 Å². The SMILES string of the molecule is CC(F)c1ccc(CC(C)(C)N)cc1. The molecule has 0 aliphatic carbocycles. The van der Waals surface area contributed by atoms with Gasteiger partial charge in [-0.2, -0.15) is 0 Å². The first kappa shape index (κ1) is 11.2. The van der Waals surface area contributed by atoms with Crippen LogP contribution in [0.5, 0.6) is 0 Å². The van der Waals surface area contributed by atoms with E-state index in [1.54, 1.807) is 6.92 Å². The molecule has 2 heteroatoms. The van der Waals surface area contributed by atoms with Gasteiger partial charge in [-0.1, -0.05) is 24.3 Å². The third kappa shape index (κ3) is 3.46. The molecule has 1 rings (SSSR count). The van der Waals surface area contributed by atoms with Gasteiger partial charge in [0.05, 0.1) is 0 Å². The van der Waals surface area contributed by atoms with Crippen molar-refractivity contribution in [3.63, 3.8) is 0 Å². The Kier molecular flexibility index (Phi) is 3.27. The lowest BCUT2D eigenvalue weighted by Crippen LogP contribution is -2.34. The molecular weight excluding hydrogens is 177 g/mol. The molecule has 14 heavy (non-hydrogen) atoms. The topological polar surface area (TPSA) is 26.0 Å². The summed E-state index contributed by atoms with van der Waals surface area (Å²) in [5.74, 6) is 0. The van der Waals surface area contributed by atoms with Gasteiger partial charge in [-0.3, -0.25) is 0 Å². The lowest BCUT2D eigenvalue weighted by Gasteiger charge is -2.18. The standard InChI is InChI=1S/C12H18FN/c1-9(13)11-6-4-10(5-7-11)8-12(2,3)14/h4-7,9H,8,14H2,1-3H3. The molecule has 0 aromatic heterocycles. The lowest BCUT2D eigenvalue weighted by molar-refractivity contribution is 0.374. The van der Waals surface area contributed by atoms with Gasteiger partial charge in [0.2, 0.25) is 0 Å². The second kappa shape index (κ2) is 4.09. The maximum Gasteiger partial charge on any atom is 0.122 e. The van der Waals surface area contributed by atoms with Crippen LogP contribution in [0, 0.1) is 0 Å². The fourth-order valence-electron chi connectivity index (χ4n) is 1.43. The van der Waals surface area contributed by atoms with Crippen LogP contribution in [0.4, 0.5) is 4.39 Å². The summed E-state index contributed by atoms with van der Waals surface area (Å²) in [5.41, 5.74) is 7.57. The van der Waals surface area contributed by atoms with E-state index in [4.69, 9.17) is 5.73 Å². The van der Waals surface area contributed by atoms with E-state index >= 15 is 0 Å². The summed E-state index contributed by atoms with van der Waals surface area (Å²) in [6.07, 6.45) is -0.0801. The molecule has 0 saturated heterocycles. The predicted octanol–water partition coefficient (Wildman–Crippen LogP) is 3.00. The molecule has 0 bridgehead atoms. The first-order valence-corrected chi connectivity index (χ1v) is 4.90. The Morgan fingerprint density at radius 1 is 1.29 bits per heavy atom. The Bertz CT molecular complexity index is 282. The number of hydrogen-bond donors (Lipinski definition) is 1. The first-order chi connectivity index (χ1) is 6.38. The highest BCUT2D eigenvalue weighted by Gasteiger charge is 2.11. The monoisotopic (exact) mass is 195 g/mol. The lowest BCUT2D eigenvalue weighted by atomic mass is 9.95. The van der Waals surface area contributed by atoms with Gasteiger partial charge in [-0.05, 0) is 38.3 Å². The van der Waals surface area contributed by atoms with Gasteiger partial charge in [0.25, 0.3) is 0 Å². The Morgan fingerprint density at radius 3 is 2.14 bits per heavy atom. The molecule has 0 heterocycles. The molecule has 1 atom stereocenters. The molecule has 1 unspecified atom stereocenters. The van der Waals surface area contributed by atoms with Crippen molar-refractivity contribution < 1.29 is 4.39 Å². The summed E-state index contributed by atoms with van der Waals surface area (Å²) in [7, 11) is 0. The minimum Gasteiger partial charge on any atom is -0.325 e. The average molecular weight is 195 g/mol. The molecule has 0 spiro atoms. The summed E-state index contributed by atoms with van der Waals surface area (Å²) in [4.78, 5) is 0. The number of alkyl halides is 1. The van der Waals surface area contributed by atoms with Crippen LogP contribution in [0.2, 0.25) is 0 Å². The molecule has 1 aromatic rings. The molecule has 0 radical (unpaired) electrons. The first-order valence-electron chi connectivity index (χ1n) is 4.90. The van der Waals surface area contributed by atoms with E-state index < -0.39 is 6.17 Å². The van der Waals surface area contributed by atoms with Crippen LogP contribution >= 0.6 is 0 Å². The fourth-order valence-corrected chi connectivity index (χ4v) is 1.43. The molecule has 2 N–H and O–H groups in total. The van der Waals surface area contributed by atoms with E-state index in [-0.39, 0.29) is 5.54 Å². The van der Waals surface area contributed by atoms with Gasteiger partial charge in [0.15, 0.2) is 0 Å². The van der Waals surface area contributed by atoms with Crippen molar-refractivity contribution in [2.45, 2.75) is 38.9 Å². The Labute approximate surface area is 85.1 Å². The maximum absolute atomic E-state index is 12.9. The molecule has 0 fully saturated rings. The number of hydrogen-bond acceptors (Lipinski definition) is 1. The Morgan fingerprint density at radius 2 is 1.79 bits per heavy atom. The largest absolute Gasteiger partial charge is 0.325 e. The van der Waals surface area contributed by atoms with Crippen molar-refractivity contribution in [1.29, 1.82) is 0 Å². The summed E-state index contributed by atoms with van der Waals surface area (Å²) < 4.78 is 12.9. The van der Waals surface area contributed by atoms with E-state index in [0.717, 1.165) is 17.5 Å². The number of benzene rings is 1. The molecule has 78 valence electrons. The summed E-state index contributed by atoms with van der Waals surface area (Å²) in [6.45, 7) is 5.51. The van der Waals surface area contributed by atoms with Gasteiger partial charge in [0.1, 0.15) is 6.17 Å². The van der Waals surface area contributed by atoms with Crippen molar-refractivity contribution in [1.82, 2.24) is 0 Å². The zero-order valence-corrected chi connectivity index (χ0v) is 9.05. The van der Waals surface area contributed by atoms with Crippen molar-refractivity contribution in [2.75, 3.05) is 0 Å². The van der Waals surface area contributed by atoms with Gasteiger partial charge in [-0.25, -0.2) is 4.39 Å². The fraction of sp³-hybridized carbons (Fsp3) is 0.500. The molecule has 0 aliphatic heterocycles. The predicted molar refractivity (Wildman–Crippen MR) is 57.9 cm³/mol. The maximum atomic E-state index is 12.9. The van der Waals surface area contributed by atoms with Crippen molar-refractivity contribution in [3.05, 3.63) is 35.4 Å². The Hall–Kier alpha value is -0.890. The molecular formula is C12H18FN. The van der Waals surface area contributed by atoms with Crippen LogP contribution < -0.4 is 5.73 Å². The molecule has 1 aromatic carbocycles. The zero-order valence-electron chi connectivity index (χ0n) is 9.05. The summed E-state index contributed by atoms with van der Waals surface area (Å²) >= 11 is 0. The van der Waals surface area contributed by atoms with Crippen molar-refractivity contribution in [3.8, 4) is 0 Å². The smallest absolute Gasteiger partial charge is 0.122 e. The average Bonchev–Trinajstić information content (AvgIpc) is 2.02. The third-order valence-electron chi connectivity index (χ3n) is 2.10. The van der Waals surface area contributed by atoms with Gasteiger partial charge in [-0.15, -0.1) is 0 Å². The van der Waals surface area contributed by atoms with Crippen LogP contribution in [0.3, 0.4) is 0 Å². The normalized spacial score (nSPS) is 14.1. The number of nitrogens with two attached hydrogens (primary N) is 1. The van der Waals surface area contributed by atoms with Gasteiger partial charge < -0.3 is 5.73 Å². The molecule has 0 aliphatic rings. The zero-order chi connectivity index (χ0) is 10.8. The van der Waals surface area contributed by atoms with Crippen molar-refractivity contribution in [2.24, 2.45) is 5.73 Å². The molecule has 1 nitrogen and oxygen atoms in total. The van der Waals surface area contributed by atoms with Gasteiger partial charge in [0, 0.05) is 5.54 Å². The molecule has 0 saturated carbocycles. The number of halogens is 1. The van der Waals surface area contributed by atoms with E-state index in [0.29, 0.717) is 0 Å². The van der Waals surface area contributed by atoms with E-state index in [1.165, 1.54) is 0 Å². The van der Waals surface area contributed by atoms with E-state index in [9.17, 15) is 4.39 Å². The third-order valence-corrected chi connectivity index (χ3v) is 2.10. The van der Waals surface area contributed by atoms with Crippen LogP contribution in [0.25, 0.3) is 0 Å². The minimum atomic E-state index is -0.894. The highest BCUT2D eigenvalue weighted by atomic mass is 19.1. The number of rotatable bonds is 3. The van der Waals surface area contributed by atoms with Crippen LogP contribution in [0.1, 0.15) is 38.1 Å². The molecule has 0 amide bonds. The minimum absolute atomic E-state index is 0.206. The highest BCUT2D eigenvalue weighted by Crippen LogP contribution is 2.18. The second-order valence-corrected chi connectivity index (χ2v) is 4.52. The van der Waals surface area contributed by atoms with Crippen LogP contribution in [-0.4, -0.2) is 5.54 Å². The summed E-state index contributed by atoms with van der Waals surface area (Å²) in [5, 5.41) is 0. The second-order valence-electron chi connectivity index (χ2n) is 4.52. The van der Waals surface area contributed by atoms with E-state index in [1.807, 2.05) is 38.1 Å². The van der Waals surface area contributed by atoms with Gasteiger partial charge >= 0.3 is 0 Å².